The topological polar surface area (TPSA) is 86.0 Å². The van der Waals surface area contributed by atoms with Gasteiger partial charge < -0.3 is 19.0 Å². The van der Waals surface area contributed by atoms with Crippen molar-refractivity contribution < 1.29 is 23.8 Å². The zero-order valence-electron chi connectivity index (χ0n) is 21.5. The minimum absolute atomic E-state index is 0.0718. The summed E-state index contributed by atoms with van der Waals surface area (Å²) in [7, 11) is 0. The molecule has 2 aliphatic carbocycles. The van der Waals surface area contributed by atoms with Gasteiger partial charge in [0.25, 0.3) is 0 Å². The number of carbonyl (C=O) groups is 1. The maximum Gasteiger partial charge on any atom is 0.336 e. The fourth-order valence-corrected chi connectivity index (χ4v) is 6.36. The van der Waals surface area contributed by atoms with Crippen LogP contribution < -0.4 is 10.4 Å². The Morgan fingerprint density at radius 3 is 2.66 bits per heavy atom. The lowest BCUT2D eigenvalue weighted by Gasteiger charge is -2.59. The van der Waals surface area contributed by atoms with Gasteiger partial charge in [0, 0.05) is 34.4 Å². The predicted molar refractivity (Wildman–Crippen MR) is 135 cm³/mol. The van der Waals surface area contributed by atoms with E-state index in [1.54, 1.807) is 32.1 Å². The van der Waals surface area contributed by atoms with Crippen LogP contribution in [-0.4, -0.2) is 29.9 Å². The van der Waals surface area contributed by atoms with E-state index in [4.69, 9.17) is 13.9 Å². The zero-order valence-corrected chi connectivity index (χ0v) is 21.5. The summed E-state index contributed by atoms with van der Waals surface area (Å²) in [5.74, 6) is 0.518. The molecule has 1 saturated carbocycles. The zero-order chi connectivity index (χ0) is 25.5. The van der Waals surface area contributed by atoms with Crippen LogP contribution in [0.1, 0.15) is 54.4 Å². The fourth-order valence-electron chi connectivity index (χ4n) is 6.36. The number of carbonyl (C=O) groups excluding carboxylic acids is 1. The maximum atomic E-state index is 12.5. The van der Waals surface area contributed by atoms with Gasteiger partial charge in [0.2, 0.25) is 0 Å². The van der Waals surface area contributed by atoms with E-state index >= 15 is 0 Å². The molecule has 0 amide bonds. The smallest absolute Gasteiger partial charge is 0.336 e. The lowest BCUT2D eigenvalue weighted by Crippen LogP contribution is -2.61. The van der Waals surface area contributed by atoms with Crippen LogP contribution >= 0.6 is 0 Å². The summed E-state index contributed by atoms with van der Waals surface area (Å²) in [6.45, 7) is 12.5. The third kappa shape index (κ3) is 4.56. The van der Waals surface area contributed by atoms with Gasteiger partial charge in [0.05, 0.1) is 12.7 Å². The number of hydrogen-bond donors (Lipinski definition) is 1. The third-order valence-corrected chi connectivity index (χ3v) is 8.45. The van der Waals surface area contributed by atoms with Gasteiger partial charge in [-0.2, -0.15) is 0 Å². The van der Waals surface area contributed by atoms with Crippen LogP contribution in [-0.2, 0) is 9.53 Å². The molecule has 0 spiro atoms. The first-order chi connectivity index (χ1) is 16.5. The molecule has 6 heteroatoms. The number of benzene rings is 1. The normalized spacial score (nSPS) is 30.4. The lowest BCUT2D eigenvalue weighted by atomic mass is 9.47. The molecule has 4 rings (SSSR count). The monoisotopic (exact) mass is 480 g/mol. The van der Waals surface area contributed by atoms with Crippen LogP contribution in [0.3, 0.4) is 0 Å². The first kappa shape index (κ1) is 25.2. The summed E-state index contributed by atoms with van der Waals surface area (Å²) in [6.07, 6.45) is 4.00. The average Bonchev–Trinajstić information content (AvgIpc) is 2.80. The standard InChI is InChI=1S/C29H36O6/c1-7-17(2)27(32)35-26-22(30)15-29(6)21(18(3)8-12-24(29)28(26,4)5)16-33-20-11-9-19-10-13-25(31)34-23(19)14-20/h7-11,13-14,21-22,24,26,30H,12,15-16H2,1-6H3. The summed E-state index contributed by atoms with van der Waals surface area (Å²) in [6, 6.07) is 8.64. The van der Waals surface area contributed by atoms with Gasteiger partial charge in [-0.05, 0) is 63.1 Å². The first-order valence-corrected chi connectivity index (χ1v) is 12.3. The number of ether oxygens (including phenoxy) is 2. The highest BCUT2D eigenvalue weighted by Crippen LogP contribution is 2.60. The second-order valence-electron chi connectivity index (χ2n) is 11.0. The Kier molecular flexibility index (Phi) is 6.71. The van der Waals surface area contributed by atoms with Crippen molar-refractivity contribution in [2.24, 2.45) is 22.7 Å². The molecule has 0 saturated heterocycles. The minimum atomic E-state index is -0.775. The molecule has 35 heavy (non-hydrogen) atoms. The fraction of sp³-hybridized carbons (Fsp3) is 0.517. The van der Waals surface area contributed by atoms with E-state index in [1.807, 2.05) is 12.1 Å². The molecule has 1 aromatic carbocycles. The van der Waals surface area contributed by atoms with E-state index in [-0.39, 0.29) is 23.2 Å². The molecule has 1 aromatic heterocycles. The molecule has 1 N–H and O–H groups in total. The molecule has 6 nitrogen and oxygen atoms in total. The number of esters is 1. The van der Waals surface area contributed by atoms with Crippen LogP contribution in [0, 0.1) is 22.7 Å². The molecule has 0 bridgehead atoms. The van der Waals surface area contributed by atoms with Crippen molar-refractivity contribution in [2.75, 3.05) is 6.61 Å². The second-order valence-corrected chi connectivity index (χ2v) is 11.0. The Balaban J connectivity index is 1.58. The van der Waals surface area contributed by atoms with Crippen molar-refractivity contribution >= 4 is 16.9 Å². The lowest BCUT2D eigenvalue weighted by molar-refractivity contribution is -0.200. The quantitative estimate of drug-likeness (QED) is 0.266. The second kappa shape index (κ2) is 9.30. The molecule has 0 aliphatic heterocycles. The predicted octanol–water partition coefficient (Wildman–Crippen LogP) is 5.43. The van der Waals surface area contributed by atoms with E-state index in [9.17, 15) is 14.7 Å². The van der Waals surface area contributed by atoms with E-state index in [1.165, 1.54) is 11.6 Å². The van der Waals surface area contributed by atoms with Crippen molar-refractivity contribution in [1.82, 2.24) is 0 Å². The Hall–Kier alpha value is -2.86. The minimum Gasteiger partial charge on any atom is -0.493 e. The largest absolute Gasteiger partial charge is 0.493 e. The number of hydrogen-bond acceptors (Lipinski definition) is 6. The van der Waals surface area contributed by atoms with E-state index in [2.05, 4.69) is 33.8 Å². The number of rotatable bonds is 5. The van der Waals surface area contributed by atoms with Gasteiger partial charge in [-0.25, -0.2) is 9.59 Å². The maximum absolute atomic E-state index is 12.5. The Morgan fingerprint density at radius 1 is 1.23 bits per heavy atom. The van der Waals surface area contributed by atoms with Crippen LogP contribution in [0.5, 0.6) is 5.75 Å². The molecule has 1 heterocycles. The van der Waals surface area contributed by atoms with E-state index < -0.39 is 23.2 Å². The number of aliphatic hydroxyl groups excluding tert-OH is 1. The first-order valence-electron chi connectivity index (χ1n) is 12.3. The SMILES string of the molecule is CC=C(C)C(=O)OC1C(O)CC2(C)C(COc3ccc4ccc(=O)oc4c3)C(C)=CCC2C1(C)C. The Labute approximate surface area is 206 Å². The van der Waals surface area contributed by atoms with Crippen molar-refractivity contribution in [3.05, 3.63) is 64.1 Å². The summed E-state index contributed by atoms with van der Waals surface area (Å²) < 4.78 is 17.4. The highest BCUT2D eigenvalue weighted by Gasteiger charge is 2.59. The molecular weight excluding hydrogens is 444 g/mol. The number of allylic oxidation sites excluding steroid dienone is 2. The summed E-state index contributed by atoms with van der Waals surface area (Å²) in [4.78, 5) is 24.2. The molecule has 5 unspecified atom stereocenters. The summed E-state index contributed by atoms with van der Waals surface area (Å²) >= 11 is 0. The van der Waals surface area contributed by atoms with Gasteiger partial charge in [0.15, 0.2) is 0 Å². The van der Waals surface area contributed by atoms with E-state index in [0.717, 1.165) is 11.8 Å². The summed E-state index contributed by atoms with van der Waals surface area (Å²) in [5.41, 5.74) is 1.19. The molecule has 2 aliphatic rings. The molecule has 0 radical (unpaired) electrons. The Morgan fingerprint density at radius 2 is 1.94 bits per heavy atom. The van der Waals surface area contributed by atoms with Crippen molar-refractivity contribution in [1.29, 1.82) is 0 Å². The van der Waals surface area contributed by atoms with Gasteiger partial charge >= 0.3 is 11.6 Å². The third-order valence-electron chi connectivity index (χ3n) is 8.45. The van der Waals surface area contributed by atoms with Crippen LogP contribution in [0.25, 0.3) is 11.0 Å². The highest BCUT2D eigenvalue weighted by atomic mass is 16.6. The van der Waals surface area contributed by atoms with Crippen molar-refractivity contribution in [2.45, 2.75) is 66.6 Å². The van der Waals surface area contributed by atoms with Crippen LogP contribution in [0.4, 0.5) is 0 Å². The number of aliphatic hydroxyl groups is 1. The Bertz CT molecular complexity index is 1240. The molecule has 2 aromatic rings. The van der Waals surface area contributed by atoms with Crippen LogP contribution in [0.15, 0.2) is 62.8 Å². The van der Waals surface area contributed by atoms with Gasteiger partial charge in [-0.1, -0.05) is 38.5 Å². The van der Waals surface area contributed by atoms with E-state index in [0.29, 0.717) is 29.9 Å². The molecule has 1 fully saturated rings. The molecular formula is C29H36O6. The number of fused-ring (bicyclic) bond motifs is 2. The van der Waals surface area contributed by atoms with Gasteiger partial charge in [-0.3, -0.25) is 0 Å². The highest BCUT2D eigenvalue weighted by molar-refractivity contribution is 5.87. The van der Waals surface area contributed by atoms with Gasteiger partial charge in [-0.15, -0.1) is 0 Å². The van der Waals surface area contributed by atoms with Crippen molar-refractivity contribution in [3.63, 3.8) is 0 Å². The molecule has 188 valence electrons. The van der Waals surface area contributed by atoms with Crippen molar-refractivity contribution in [3.8, 4) is 5.75 Å². The van der Waals surface area contributed by atoms with Crippen LogP contribution in [0.2, 0.25) is 0 Å². The average molecular weight is 481 g/mol. The van der Waals surface area contributed by atoms with Gasteiger partial charge in [0.1, 0.15) is 17.4 Å². The molecule has 5 atom stereocenters. The summed E-state index contributed by atoms with van der Waals surface area (Å²) in [5, 5.41) is 12.1.